The zero-order chi connectivity index (χ0) is 24.8. The molecule has 1 rings (SSSR count). The van der Waals surface area contributed by atoms with Crippen LogP contribution in [-0.2, 0) is 15.5 Å². The lowest BCUT2D eigenvalue weighted by molar-refractivity contribution is -0.382. The maximum absolute atomic E-state index is 13.9. The van der Waals surface area contributed by atoms with Crippen LogP contribution >= 0.6 is 0 Å². The van der Waals surface area contributed by atoms with Crippen LogP contribution < -0.4 is 8.92 Å². The molecule has 0 saturated heterocycles. The number of nitrogens with zero attached hydrogens (tertiary/aromatic N) is 1. The van der Waals surface area contributed by atoms with Gasteiger partial charge in [0.1, 0.15) is 0 Å². The Bertz CT molecular complexity index is 951. The lowest BCUT2D eigenvalue weighted by atomic mass is 9.90. The highest BCUT2D eigenvalue weighted by molar-refractivity contribution is 7.88. The summed E-state index contributed by atoms with van der Waals surface area (Å²) in [5, 5.41) is -7.01. The summed E-state index contributed by atoms with van der Waals surface area (Å²) in [5.41, 5.74) is -1.36. The minimum Gasteiger partial charge on any atom is -0.491 e. The molecule has 0 atom stereocenters. The van der Waals surface area contributed by atoms with E-state index in [2.05, 4.69) is 15.7 Å². The zero-order valence-electron chi connectivity index (χ0n) is 16.3. The third-order valence-corrected chi connectivity index (χ3v) is 5.00. The van der Waals surface area contributed by atoms with Gasteiger partial charge in [-0.05, 0) is 6.08 Å². The summed E-state index contributed by atoms with van der Waals surface area (Å²) in [4.78, 5) is 3.98. The standard InChI is InChI=1S/C16H16F9NO4S/c1-6-8-7-9(10(29-5)11(26-8)12(2,3)4)30-31(27,28)16(24,25)14(19,20)13(17,18)15(21,22)23/h6-7H,1H2,2-5H3. The van der Waals surface area contributed by atoms with Crippen molar-refractivity contribution in [3.05, 3.63) is 24.0 Å². The fourth-order valence-electron chi connectivity index (χ4n) is 2.09. The van der Waals surface area contributed by atoms with Crippen molar-refractivity contribution in [2.24, 2.45) is 0 Å². The number of hydrogen-bond acceptors (Lipinski definition) is 5. The van der Waals surface area contributed by atoms with Gasteiger partial charge in [0.05, 0.1) is 18.5 Å². The number of alkyl halides is 9. The molecule has 178 valence electrons. The number of pyridine rings is 1. The third kappa shape index (κ3) is 4.41. The van der Waals surface area contributed by atoms with Crippen LogP contribution in [0.1, 0.15) is 32.2 Å². The maximum atomic E-state index is 13.9. The minimum absolute atomic E-state index is 0.145. The summed E-state index contributed by atoms with van der Waals surface area (Å²) in [6, 6.07) is 0.578. The molecule has 0 aliphatic rings. The summed E-state index contributed by atoms with van der Waals surface area (Å²) in [7, 11) is -6.25. The van der Waals surface area contributed by atoms with E-state index in [1.54, 1.807) is 0 Å². The largest absolute Gasteiger partial charge is 0.491 e. The molecule has 15 heteroatoms. The summed E-state index contributed by atoms with van der Waals surface area (Å²) in [6.45, 7) is 7.78. The highest BCUT2D eigenvalue weighted by Crippen LogP contribution is 2.55. The number of halogens is 9. The van der Waals surface area contributed by atoms with Gasteiger partial charge in [0.25, 0.3) is 0 Å². The van der Waals surface area contributed by atoms with Crippen LogP contribution in [0.3, 0.4) is 0 Å². The van der Waals surface area contributed by atoms with Crippen molar-refractivity contribution in [1.29, 1.82) is 0 Å². The van der Waals surface area contributed by atoms with E-state index in [9.17, 15) is 47.9 Å². The molecule has 0 aliphatic heterocycles. The first-order chi connectivity index (χ1) is 13.6. The van der Waals surface area contributed by atoms with Crippen molar-refractivity contribution in [1.82, 2.24) is 4.98 Å². The van der Waals surface area contributed by atoms with Crippen molar-refractivity contribution in [2.75, 3.05) is 7.11 Å². The summed E-state index contributed by atoms with van der Waals surface area (Å²) in [5.74, 6) is -16.7. The molecule has 0 aromatic carbocycles. The Hall–Kier alpha value is -2.19. The van der Waals surface area contributed by atoms with Crippen LogP contribution in [0, 0.1) is 0 Å². The molecule has 0 unspecified atom stereocenters. The van der Waals surface area contributed by atoms with Crippen molar-refractivity contribution in [3.63, 3.8) is 0 Å². The van der Waals surface area contributed by atoms with Crippen molar-refractivity contribution >= 4 is 16.2 Å². The molecule has 1 aromatic rings. The average molecular weight is 489 g/mol. The van der Waals surface area contributed by atoms with E-state index in [0.29, 0.717) is 6.07 Å². The Kier molecular flexibility index (Phi) is 6.70. The highest BCUT2D eigenvalue weighted by Gasteiger charge is 2.86. The Morgan fingerprint density at radius 2 is 1.45 bits per heavy atom. The van der Waals surface area contributed by atoms with E-state index in [4.69, 9.17) is 4.74 Å². The Labute approximate surface area is 171 Å². The molecular weight excluding hydrogens is 473 g/mol. The fourth-order valence-corrected chi connectivity index (χ4v) is 3.00. The summed E-state index contributed by atoms with van der Waals surface area (Å²) in [6.07, 6.45) is -6.22. The number of rotatable bonds is 7. The topological polar surface area (TPSA) is 65.5 Å². The second-order valence-corrected chi connectivity index (χ2v) is 8.67. The normalized spacial score (nSPS) is 14.4. The molecule has 1 aromatic heterocycles. The van der Waals surface area contributed by atoms with Gasteiger partial charge in [0.2, 0.25) is 0 Å². The Morgan fingerprint density at radius 1 is 0.968 bits per heavy atom. The first-order valence-electron chi connectivity index (χ1n) is 7.94. The van der Waals surface area contributed by atoms with E-state index in [-0.39, 0.29) is 11.4 Å². The number of hydrogen-bond donors (Lipinski definition) is 0. The molecular formula is C16H16F9NO4S. The average Bonchev–Trinajstić information content (AvgIpc) is 2.58. The second-order valence-electron chi connectivity index (χ2n) is 7.08. The van der Waals surface area contributed by atoms with Gasteiger partial charge in [0.15, 0.2) is 11.5 Å². The summed E-state index contributed by atoms with van der Waals surface area (Å²) >= 11 is 0. The Balaban J connectivity index is 3.70. The van der Waals surface area contributed by atoms with E-state index < -0.39 is 50.3 Å². The van der Waals surface area contributed by atoms with Gasteiger partial charge in [-0.15, -0.1) is 0 Å². The molecule has 0 spiro atoms. The second kappa shape index (κ2) is 7.74. The highest BCUT2D eigenvalue weighted by atomic mass is 32.2. The summed E-state index contributed by atoms with van der Waals surface area (Å²) < 4.78 is 150. The smallest absolute Gasteiger partial charge is 0.460 e. The van der Waals surface area contributed by atoms with Crippen LogP contribution in [0.2, 0.25) is 0 Å². The molecule has 0 radical (unpaired) electrons. The van der Waals surface area contributed by atoms with Gasteiger partial charge in [-0.1, -0.05) is 27.4 Å². The molecule has 0 aliphatic carbocycles. The third-order valence-electron chi connectivity index (χ3n) is 3.71. The minimum atomic E-state index is -7.43. The molecule has 0 saturated carbocycles. The van der Waals surface area contributed by atoms with Crippen LogP contribution in [0.15, 0.2) is 12.6 Å². The van der Waals surface area contributed by atoms with Crippen LogP contribution in [0.4, 0.5) is 39.5 Å². The molecule has 0 amide bonds. The van der Waals surface area contributed by atoms with Gasteiger partial charge < -0.3 is 8.92 Å². The van der Waals surface area contributed by atoms with E-state index in [1.807, 2.05) is 0 Å². The SMILES string of the molecule is C=Cc1cc(OS(=O)(=O)C(F)(F)C(F)(F)C(F)(F)C(F)(F)F)c(OC)c(C(C)(C)C)n1. The van der Waals surface area contributed by atoms with E-state index >= 15 is 0 Å². The molecule has 0 N–H and O–H groups in total. The molecule has 31 heavy (non-hydrogen) atoms. The lowest BCUT2D eigenvalue weighted by Crippen LogP contribution is -2.63. The number of ether oxygens (including phenoxy) is 1. The first-order valence-corrected chi connectivity index (χ1v) is 9.35. The van der Waals surface area contributed by atoms with Gasteiger partial charge >= 0.3 is 33.4 Å². The van der Waals surface area contributed by atoms with Crippen molar-refractivity contribution in [3.8, 4) is 11.5 Å². The first kappa shape index (κ1) is 26.8. The maximum Gasteiger partial charge on any atom is 0.460 e. The fraction of sp³-hybridized carbons (Fsp3) is 0.562. The predicted molar refractivity (Wildman–Crippen MR) is 90.0 cm³/mol. The van der Waals surface area contributed by atoms with Crippen LogP contribution in [-0.4, -0.2) is 43.8 Å². The van der Waals surface area contributed by atoms with Gasteiger partial charge in [-0.2, -0.15) is 47.9 Å². The predicted octanol–water partition coefficient (Wildman–Crippen LogP) is 5.17. The van der Waals surface area contributed by atoms with Crippen molar-refractivity contribution < 1.29 is 56.9 Å². The lowest BCUT2D eigenvalue weighted by Gasteiger charge is -2.32. The molecule has 0 fully saturated rings. The van der Waals surface area contributed by atoms with E-state index in [1.165, 1.54) is 20.8 Å². The molecule has 5 nitrogen and oxygen atoms in total. The number of aromatic nitrogens is 1. The van der Waals surface area contributed by atoms with Crippen LogP contribution in [0.25, 0.3) is 6.08 Å². The van der Waals surface area contributed by atoms with Crippen molar-refractivity contribution in [2.45, 2.75) is 49.5 Å². The van der Waals surface area contributed by atoms with Gasteiger partial charge in [-0.25, -0.2) is 4.98 Å². The van der Waals surface area contributed by atoms with Crippen LogP contribution in [0.5, 0.6) is 11.5 Å². The molecule has 0 bridgehead atoms. The number of methoxy groups -OCH3 is 1. The zero-order valence-corrected chi connectivity index (χ0v) is 17.1. The van der Waals surface area contributed by atoms with E-state index in [0.717, 1.165) is 13.2 Å². The Morgan fingerprint density at radius 3 is 1.81 bits per heavy atom. The van der Waals surface area contributed by atoms with Gasteiger partial charge in [-0.3, -0.25) is 0 Å². The quantitative estimate of drug-likeness (QED) is 0.391. The monoisotopic (exact) mass is 489 g/mol. The molecule has 1 heterocycles. The van der Waals surface area contributed by atoms with Gasteiger partial charge in [0, 0.05) is 11.5 Å².